The molecule has 2 aliphatic heterocycles. The van der Waals surface area contributed by atoms with E-state index in [-0.39, 0.29) is 5.91 Å². The van der Waals surface area contributed by atoms with Crippen LogP contribution in [0.15, 0.2) is 18.2 Å². The van der Waals surface area contributed by atoms with Gasteiger partial charge in [-0.25, -0.2) is 0 Å². The summed E-state index contributed by atoms with van der Waals surface area (Å²) in [6.45, 7) is 4.94. The lowest BCUT2D eigenvalue weighted by atomic mass is 9.94. The van der Waals surface area contributed by atoms with Gasteiger partial charge in [0, 0.05) is 24.7 Å². The van der Waals surface area contributed by atoms with E-state index in [1.165, 1.54) is 17.5 Å². The Morgan fingerprint density at radius 3 is 3.11 bits per heavy atom. The fourth-order valence-corrected chi connectivity index (χ4v) is 3.27. The van der Waals surface area contributed by atoms with E-state index in [0.29, 0.717) is 6.04 Å². The van der Waals surface area contributed by atoms with Gasteiger partial charge < -0.3 is 10.2 Å². The minimum atomic E-state index is 0.229. The van der Waals surface area contributed by atoms with Gasteiger partial charge >= 0.3 is 0 Å². The molecule has 0 aromatic heterocycles. The Hall–Kier alpha value is -1.35. The maximum Gasteiger partial charge on any atom is 0.254 e. The van der Waals surface area contributed by atoms with Crippen LogP contribution in [0.3, 0.4) is 0 Å². The minimum absolute atomic E-state index is 0.229. The average Bonchev–Trinajstić information content (AvgIpc) is 2.46. The summed E-state index contributed by atoms with van der Waals surface area (Å²) in [4.78, 5) is 14.8. The maximum absolute atomic E-state index is 12.8. The molecule has 1 amide bonds. The van der Waals surface area contributed by atoms with Crippen molar-refractivity contribution >= 4 is 5.91 Å². The highest BCUT2D eigenvalue weighted by Gasteiger charge is 2.26. The molecule has 2 heterocycles. The van der Waals surface area contributed by atoms with Gasteiger partial charge in [0.25, 0.3) is 5.91 Å². The molecule has 1 atom stereocenters. The van der Waals surface area contributed by atoms with Crippen LogP contribution in [-0.4, -0.2) is 29.9 Å². The number of nitrogens with zero attached hydrogens (tertiary/aromatic N) is 1. The van der Waals surface area contributed by atoms with E-state index in [9.17, 15) is 4.79 Å². The first-order chi connectivity index (χ1) is 9.27. The van der Waals surface area contributed by atoms with Gasteiger partial charge in [-0.2, -0.15) is 0 Å². The molecule has 2 aliphatic rings. The van der Waals surface area contributed by atoms with Gasteiger partial charge in [-0.05, 0) is 56.3 Å². The molecule has 3 heteroatoms. The van der Waals surface area contributed by atoms with Crippen molar-refractivity contribution in [3.05, 3.63) is 34.9 Å². The summed E-state index contributed by atoms with van der Waals surface area (Å²) in [6.07, 6.45) is 4.56. The highest BCUT2D eigenvalue weighted by Crippen LogP contribution is 2.24. The lowest BCUT2D eigenvalue weighted by Crippen LogP contribution is -2.42. The average molecular weight is 258 g/mol. The van der Waals surface area contributed by atoms with Crippen LogP contribution in [0.4, 0.5) is 0 Å². The van der Waals surface area contributed by atoms with Gasteiger partial charge in [0.15, 0.2) is 0 Å². The highest BCUT2D eigenvalue weighted by atomic mass is 16.2. The first-order valence-electron chi connectivity index (χ1n) is 7.40. The zero-order valence-electron chi connectivity index (χ0n) is 11.6. The van der Waals surface area contributed by atoms with Gasteiger partial charge in [-0.15, -0.1) is 0 Å². The largest absolute Gasteiger partial charge is 0.336 e. The Labute approximate surface area is 115 Å². The van der Waals surface area contributed by atoms with E-state index < -0.39 is 0 Å². The third-order valence-electron chi connectivity index (χ3n) is 4.44. The SMILES string of the molecule is CC1CCCCN1C(=O)c1cccc2c1CNCC2. The summed E-state index contributed by atoms with van der Waals surface area (Å²) in [5, 5.41) is 3.38. The maximum atomic E-state index is 12.8. The number of benzene rings is 1. The molecular formula is C16H22N2O. The predicted molar refractivity (Wildman–Crippen MR) is 76.2 cm³/mol. The molecule has 1 unspecified atom stereocenters. The smallest absolute Gasteiger partial charge is 0.254 e. The second-order valence-corrected chi connectivity index (χ2v) is 5.71. The van der Waals surface area contributed by atoms with Crippen molar-refractivity contribution in [3.8, 4) is 0 Å². The molecule has 1 aromatic carbocycles. The van der Waals surface area contributed by atoms with E-state index in [1.54, 1.807) is 0 Å². The Kier molecular flexibility index (Phi) is 3.56. The van der Waals surface area contributed by atoms with Crippen LogP contribution in [0, 0.1) is 0 Å². The topological polar surface area (TPSA) is 32.3 Å². The van der Waals surface area contributed by atoms with Crippen LogP contribution < -0.4 is 5.32 Å². The van der Waals surface area contributed by atoms with E-state index >= 15 is 0 Å². The number of piperidine rings is 1. The van der Waals surface area contributed by atoms with Crippen molar-refractivity contribution in [1.29, 1.82) is 0 Å². The standard InChI is InChI=1S/C16H22N2O/c1-12-5-2-3-10-18(12)16(19)14-7-4-6-13-8-9-17-11-15(13)14/h4,6-7,12,17H,2-3,5,8-11H2,1H3. The summed E-state index contributed by atoms with van der Waals surface area (Å²) >= 11 is 0. The molecule has 1 aromatic rings. The second kappa shape index (κ2) is 5.33. The number of amides is 1. The number of rotatable bonds is 1. The summed E-state index contributed by atoms with van der Waals surface area (Å²) < 4.78 is 0. The van der Waals surface area contributed by atoms with Crippen LogP contribution in [0.2, 0.25) is 0 Å². The molecule has 3 rings (SSSR count). The van der Waals surface area contributed by atoms with Crippen molar-refractivity contribution in [2.24, 2.45) is 0 Å². The second-order valence-electron chi connectivity index (χ2n) is 5.71. The molecule has 102 valence electrons. The quantitative estimate of drug-likeness (QED) is 0.838. The lowest BCUT2D eigenvalue weighted by Gasteiger charge is -2.34. The van der Waals surface area contributed by atoms with Crippen molar-refractivity contribution < 1.29 is 4.79 Å². The number of carbonyl (C=O) groups is 1. The van der Waals surface area contributed by atoms with Crippen molar-refractivity contribution in [2.75, 3.05) is 13.1 Å². The van der Waals surface area contributed by atoms with Gasteiger partial charge in [-0.1, -0.05) is 12.1 Å². The molecule has 1 N–H and O–H groups in total. The molecule has 0 radical (unpaired) electrons. The molecule has 0 saturated carbocycles. The number of nitrogens with one attached hydrogen (secondary N) is 1. The van der Waals surface area contributed by atoms with Gasteiger partial charge in [0.1, 0.15) is 0 Å². The summed E-state index contributed by atoms with van der Waals surface area (Å²) in [7, 11) is 0. The van der Waals surface area contributed by atoms with E-state index in [0.717, 1.165) is 44.5 Å². The lowest BCUT2D eigenvalue weighted by molar-refractivity contribution is 0.0634. The monoisotopic (exact) mass is 258 g/mol. The van der Waals surface area contributed by atoms with Crippen molar-refractivity contribution in [3.63, 3.8) is 0 Å². The molecule has 3 nitrogen and oxygen atoms in total. The van der Waals surface area contributed by atoms with E-state index in [2.05, 4.69) is 23.2 Å². The first-order valence-corrected chi connectivity index (χ1v) is 7.40. The third-order valence-corrected chi connectivity index (χ3v) is 4.44. The third kappa shape index (κ3) is 2.39. The Morgan fingerprint density at radius 1 is 1.37 bits per heavy atom. The van der Waals surface area contributed by atoms with Crippen molar-refractivity contribution in [1.82, 2.24) is 10.2 Å². The molecular weight excluding hydrogens is 236 g/mol. The van der Waals surface area contributed by atoms with Crippen molar-refractivity contribution in [2.45, 2.75) is 45.2 Å². The number of carbonyl (C=O) groups excluding carboxylic acids is 1. The number of likely N-dealkylation sites (tertiary alicyclic amines) is 1. The van der Waals surface area contributed by atoms with E-state index in [1.807, 2.05) is 12.1 Å². The van der Waals surface area contributed by atoms with Crippen LogP contribution in [0.5, 0.6) is 0 Å². The fourth-order valence-electron chi connectivity index (χ4n) is 3.27. The molecule has 0 bridgehead atoms. The Morgan fingerprint density at radius 2 is 2.26 bits per heavy atom. The van der Waals surface area contributed by atoms with Crippen LogP contribution >= 0.6 is 0 Å². The van der Waals surface area contributed by atoms with Crippen LogP contribution in [0.25, 0.3) is 0 Å². The van der Waals surface area contributed by atoms with Crippen LogP contribution in [-0.2, 0) is 13.0 Å². The normalized spacial score (nSPS) is 23.0. The summed E-state index contributed by atoms with van der Waals surface area (Å²) in [5.41, 5.74) is 3.48. The Balaban J connectivity index is 1.91. The minimum Gasteiger partial charge on any atom is -0.336 e. The van der Waals surface area contributed by atoms with Gasteiger partial charge in [0.05, 0.1) is 0 Å². The first kappa shape index (κ1) is 12.7. The molecule has 0 aliphatic carbocycles. The number of fused-ring (bicyclic) bond motifs is 1. The van der Waals surface area contributed by atoms with E-state index in [4.69, 9.17) is 0 Å². The Bertz CT molecular complexity index is 484. The predicted octanol–water partition coefficient (Wildman–Crippen LogP) is 2.35. The molecule has 19 heavy (non-hydrogen) atoms. The zero-order chi connectivity index (χ0) is 13.2. The van der Waals surface area contributed by atoms with Crippen LogP contribution in [0.1, 0.15) is 47.7 Å². The van der Waals surface area contributed by atoms with Gasteiger partial charge in [-0.3, -0.25) is 4.79 Å². The molecule has 1 saturated heterocycles. The molecule has 0 spiro atoms. The summed E-state index contributed by atoms with van der Waals surface area (Å²) in [6, 6.07) is 6.57. The summed E-state index contributed by atoms with van der Waals surface area (Å²) in [5.74, 6) is 0.229. The number of hydrogen-bond acceptors (Lipinski definition) is 2. The number of hydrogen-bond donors (Lipinski definition) is 1. The molecule has 1 fully saturated rings. The van der Waals surface area contributed by atoms with Gasteiger partial charge in [0.2, 0.25) is 0 Å². The zero-order valence-corrected chi connectivity index (χ0v) is 11.6. The highest BCUT2D eigenvalue weighted by molar-refractivity contribution is 5.96. The fraction of sp³-hybridized carbons (Fsp3) is 0.562.